The first-order chi connectivity index (χ1) is 7.27. The number of aromatic nitrogens is 4. The van der Waals surface area contributed by atoms with Gasteiger partial charge in [-0.1, -0.05) is 23.2 Å². The van der Waals surface area contributed by atoms with Crippen LogP contribution in [-0.2, 0) is 0 Å². The van der Waals surface area contributed by atoms with Gasteiger partial charge in [0, 0.05) is 24.8 Å². The molecule has 7 heteroatoms. The van der Waals surface area contributed by atoms with Crippen LogP contribution >= 0.6 is 23.2 Å². The highest BCUT2D eigenvalue weighted by Crippen LogP contribution is 2.26. The summed E-state index contributed by atoms with van der Waals surface area (Å²) in [5.74, 6) is 0.281. The molecule has 76 valence electrons. The predicted octanol–water partition coefficient (Wildman–Crippen LogP) is 2.37. The van der Waals surface area contributed by atoms with E-state index in [-0.39, 0.29) is 22.1 Å². The summed E-state index contributed by atoms with van der Waals surface area (Å²) in [6.07, 6.45) is 5.80. The fourth-order valence-electron chi connectivity index (χ4n) is 0.845. The van der Waals surface area contributed by atoms with Gasteiger partial charge in [0.25, 0.3) is 11.8 Å². The molecule has 0 aliphatic heterocycles. The molecule has 0 N–H and O–H groups in total. The lowest BCUT2D eigenvalue weighted by atomic mass is 10.7. The normalized spacial score (nSPS) is 10.0. The average Bonchev–Trinajstić information content (AvgIpc) is 2.24. The van der Waals surface area contributed by atoms with Crippen LogP contribution in [0.15, 0.2) is 24.8 Å². The first-order valence-electron chi connectivity index (χ1n) is 3.88. The van der Waals surface area contributed by atoms with E-state index in [1.54, 1.807) is 0 Å². The largest absolute Gasteiger partial charge is 0.414 e. The number of rotatable bonds is 2. The summed E-state index contributed by atoms with van der Waals surface area (Å²) < 4.78 is 5.23. The van der Waals surface area contributed by atoms with Gasteiger partial charge in [-0.3, -0.25) is 0 Å². The molecule has 2 heterocycles. The van der Waals surface area contributed by atoms with Gasteiger partial charge in [0.1, 0.15) is 0 Å². The van der Waals surface area contributed by atoms with E-state index in [9.17, 15) is 0 Å². The van der Waals surface area contributed by atoms with Gasteiger partial charge >= 0.3 is 0 Å². The van der Waals surface area contributed by atoms with E-state index in [4.69, 9.17) is 27.9 Å². The molecule has 2 aromatic heterocycles. The van der Waals surface area contributed by atoms with Gasteiger partial charge in [-0.2, -0.15) is 0 Å². The van der Waals surface area contributed by atoms with Crippen molar-refractivity contribution < 1.29 is 4.74 Å². The van der Waals surface area contributed by atoms with Crippen LogP contribution in [0.25, 0.3) is 0 Å². The maximum Gasteiger partial charge on any atom is 0.259 e. The van der Waals surface area contributed by atoms with Crippen molar-refractivity contribution in [2.24, 2.45) is 0 Å². The maximum atomic E-state index is 5.74. The molecule has 0 saturated carbocycles. The Morgan fingerprint density at radius 2 is 1.13 bits per heavy atom. The van der Waals surface area contributed by atoms with Crippen molar-refractivity contribution in [2.45, 2.75) is 0 Å². The number of ether oxygens (including phenoxy) is 1. The maximum absolute atomic E-state index is 5.74. The van der Waals surface area contributed by atoms with Crippen LogP contribution in [0.1, 0.15) is 0 Å². The molecule has 0 atom stereocenters. The molecule has 0 unspecified atom stereocenters. The van der Waals surface area contributed by atoms with Crippen molar-refractivity contribution in [1.29, 1.82) is 0 Å². The standard InChI is InChI=1S/C8H4Cl2N4O/c9-5-7(13-3-1-11-5)15-8-6(10)12-2-4-14-8/h1-4H. The number of hydrogen-bond donors (Lipinski definition) is 0. The van der Waals surface area contributed by atoms with Crippen molar-refractivity contribution in [3.05, 3.63) is 35.1 Å². The molecule has 15 heavy (non-hydrogen) atoms. The zero-order valence-electron chi connectivity index (χ0n) is 7.26. The van der Waals surface area contributed by atoms with Crippen LogP contribution in [0, 0.1) is 0 Å². The zero-order valence-corrected chi connectivity index (χ0v) is 8.77. The highest BCUT2D eigenvalue weighted by atomic mass is 35.5. The van der Waals surface area contributed by atoms with Crippen LogP contribution < -0.4 is 4.74 Å². The fourth-order valence-corrected chi connectivity index (χ4v) is 1.13. The van der Waals surface area contributed by atoms with Crippen LogP contribution in [0.3, 0.4) is 0 Å². The molecule has 5 nitrogen and oxygen atoms in total. The van der Waals surface area contributed by atoms with E-state index >= 15 is 0 Å². The Morgan fingerprint density at radius 3 is 1.53 bits per heavy atom. The van der Waals surface area contributed by atoms with Crippen molar-refractivity contribution in [1.82, 2.24) is 19.9 Å². The van der Waals surface area contributed by atoms with Crippen LogP contribution in [0.4, 0.5) is 0 Å². The smallest absolute Gasteiger partial charge is 0.259 e. The molecule has 0 fully saturated rings. The lowest BCUT2D eigenvalue weighted by Gasteiger charge is -2.04. The third-order valence-corrected chi connectivity index (χ3v) is 1.96. The van der Waals surface area contributed by atoms with E-state index < -0.39 is 0 Å². The highest BCUT2D eigenvalue weighted by Gasteiger charge is 2.09. The zero-order chi connectivity index (χ0) is 10.7. The highest BCUT2D eigenvalue weighted by molar-refractivity contribution is 6.31. The monoisotopic (exact) mass is 242 g/mol. The molecule has 2 rings (SSSR count). The number of halogens is 2. The molecule has 2 aromatic rings. The molecule has 0 aromatic carbocycles. The van der Waals surface area contributed by atoms with E-state index in [1.807, 2.05) is 0 Å². The quantitative estimate of drug-likeness (QED) is 0.810. The molecule has 0 saturated heterocycles. The van der Waals surface area contributed by atoms with E-state index in [1.165, 1.54) is 24.8 Å². The summed E-state index contributed by atoms with van der Waals surface area (Å²) in [6, 6.07) is 0. The summed E-state index contributed by atoms with van der Waals surface area (Å²) in [5, 5.41) is 0.276. The lowest BCUT2D eigenvalue weighted by Crippen LogP contribution is -1.94. The van der Waals surface area contributed by atoms with Gasteiger partial charge in [-0.25, -0.2) is 19.9 Å². The second kappa shape index (κ2) is 4.37. The van der Waals surface area contributed by atoms with Gasteiger partial charge in [-0.15, -0.1) is 0 Å². The van der Waals surface area contributed by atoms with Gasteiger partial charge in [0.2, 0.25) is 0 Å². The summed E-state index contributed by atoms with van der Waals surface area (Å²) in [6.45, 7) is 0. The molecule has 0 amide bonds. The van der Waals surface area contributed by atoms with E-state index in [2.05, 4.69) is 19.9 Å². The molecule has 0 bridgehead atoms. The first-order valence-corrected chi connectivity index (χ1v) is 4.64. The topological polar surface area (TPSA) is 60.8 Å². The van der Waals surface area contributed by atoms with Crippen molar-refractivity contribution in [3.63, 3.8) is 0 Å². The van der Waals surface area contributed by atoms with Gasteiger partial charge in [0.05, 0.1) is 0 Å². The van der Waals surface area contributed by atoms with Crippen LogP contribution in [-0.4, -0.2) is 19.9 Å². The summed E-state index contributed by atoms with van der Waals surface area (Å²) in [7, 11) is 0. The summed E-state index contributed by atoms with van der Waals surface area (Å²) in [5.41, 5.74) is 0. The minimum atomic E-state index is 0.138. The van der Waals surface area contributed by atoms with Crippen molar-refractivity contribution in [2.75, 3.05) is 0 Å². The lowest BCUT2D eigenvalue weighted by molar-refractivity contribution is 0.440. The number of hydrogen-bond acceptors (Lipinski definition) is 5. The minimum absolute atomic E-state index is 0.138. The van der Waals surface area contributed by atoms with Crippen LogP contribution in [0.2, 0.25) is 10.3 Å². The number of nitrogens with zero attached hydrogens (tertiary/aromatic N) is 4. The molecular weight excluding hydrogens is 239 g/mol. The van der Waals surface area contributed by atoms with Crippen molar-refractivity contribution >= 4 is 23.2 Å². The van der Waals surface area contributed by atoms with E-state index in [0.717, 1.165) is 0 Å². The Kier molecular flexibility index (Phi) is 2.94. The first kappa shape index (κ1) is 10.1. The molecule has 0 aliphatic carbocycles. The average molecular weight is 243 g/mol. The molecule has 0 aliphatic rings. The van der Waals surface area contributed by atoms with Gasteiger partial charge in [-0.05, 0) is 0 Å². The second-order valence-corrected chi connectivity index (χ2v) is 3.12. The summed E-state index contributed by atoms with van der Waals surface area (Å²) in [4.78, 5) is 15.3. The minimum Gasteiger partial charge on any atom is -0.414 e. The molecular formula is C8H4Cl2N4O. The summed E-state index contributed by atoms with van der Waals surface area (Å²) >= 11 is 11.5. The molecule has 0 spiro atoms. The SMILES string of the molecule is Clc1nccnc1Oc1nccnc1Cl. The Labute approximate surface area is 95.1 Å². The molecule has 0 radical (unpaired) electrons. The van der Waals surface area contributed by atoms with Gasteiger partial charge < -0.3 is 4.74 Å². The Balaban J connectivity index is 2.30. The van der Waals surface area contributed by atoms with Crippen molar-refractivity contribution in [3.8, 4) is 11.8 Å². The third-order valence-electron chi connectivity index (χ3n) is 1.44. The van der Waals surface area contributed by atoms with Gasteiger partial charge in [0.15, 0.2) is 10.3 Å². The van der Waals surface area contributed by atoms with Crippen LogP contribution in [0.5, 0.6) is 11.8 Å². The Hall–Kier alpha value is -1.46. The van der Waals surface area contributed by atoms with E-state index in [0.29, 0.717) is 0 Å². The fraction of sp³-hybridized carbons (Fsp3) is 0. The Bertz CT molecular complexity index is 436. The third kappa shape index (κ3) is 2.31. The second-order valence-electron chi connectivity index (χ2n) is 2.41. The predicted molar refractivity (Wildman–Crippen MR) is 54.2 cm³/mol. The Morgan fingerprint density at radius 1 is 0.733 bits per heavy atom.